The van der Waals surface area contributed by atoms with Crippen molar-refractivity contribution in [3.63, 3.8) is 0 Å². The Labute approximate surface area is 216 Å². The lowest BCUT2D eigenvalue weighted by atomic mass is 9.97. The molecule has 1 amide bonds. The SMILES string of the molecule is Cc1c(Cl)cccc1NC(=S)C1=C(NCc2ccncc2OCC2CCCCO2)C(C)CNC1=O. The number of thiocarbonyl (C=S) groups is 1. The van der Waals surface area contributed by atoms with Crippen molar-refractivity contribution in [3.05, 3.63) is 64.1 Å². The van der Waals surface area contributed by atoms with Gasteiger partial charge >= 0.3 is 0 Å². The highest BCUT2D eigenvalue weighted by Crippen LogP contribution is 2.26. The maximum atomic E-state index is 12.9. The first-order valence-corrected chi connectivity index (χ1v) is 12.7. The number of ether oxygens (including phenoxy) is 2. The summed E-state index contributed by atoms with van der Waals surface area (Å²) < 4.78 is 11.9. The Morgan fingerprint density at radius 3 is 3.00 bits per heavy atom. The molecule has 0 aliphatic carbocycles. The van der Waals surface area contributed by atoms with Crippen LogP contribution in [0.4, 0.5) is 5.69 Å². The van der Waals surface area contributed by atoms with E-state index in [1.165, 1.54) is 0 Å². The minimum absolute atomic E-state index is 0.0600. The third kappa shape index (κ3) is 6.31. The van der Waals surface area contributed by atoms with Gasteiger partial charge in [-0.05, 0) is 49.9 Å². The monoisotopic (exact) mass is 514 g/mol. The lowest BCUT2D eigenvalue weighted by molar-refractivity contribution is -0.117. The van der Waals surface area contributed by atoms with E-state index in [1.807, 2.05) is 31.2 Å². The van der Waals surface area contributed by atoms with Gasteiger partial charge in [0.15, 0.2) is 0 Å². The predicted octanol–water partition coefficient (Wildman–Crippen LogP) is 4.54. The third-order valence-electron chi connectivity index (χ3n) is 6.34. The van der Waals surface area contributed by atoms with Gasteiger partial charge in [-0.15, -0.1) is 0 Å². The van der Waals surface area contributed by atoms with Crippen LogP contribution in [0.3, 0.4) is 0 Å². The molecule has 35 heavy (non-hydrogen) atoms. The number of rotatable bonds is 8. The number of hydrogen-bond donors (Lipinski definition) is 3. The predicted molar refractivity (Wildman–Crippen MR) is 142 cm³/mol. The quantitative estimate of drug-likeness (QED) is 0.446. The fourth-order valence-electron chi connectivity index (χ4n) is 4.22. The molecule has 0 saturated carbocycles. The molecule has 2 unspecified atom stereocenters. The molecule has 7 nitrogen and oxygen atoms in total. The van der Waals surface area contributed by atoms with Gasteiger partial charge in [0.2, 0.25) is 0 Å². The van der Waals surface area contributed by atoms with Crippen molar-refractivity contribution in [2.24, 2.45) is 5.92 Å². The van der Waals surface area contributed by atoms with E-state index in [0.29, 0.717) is 41.0 Å². The van der Waals surface area contributed by atoms with Crippen LogP contribution in [0, 0.1) is 12.8 Å². The summed E-state index contributed by atoms with van der Waals surface area (Å²) in [7, 11) is 0. The number of benzene rings is 1. The molecule has 1 fully saturated rings. The van der Waals surface area contributed by atoms with Gasteiger partial charge in [-0.25, -0.2) is 0 Å². The van der Waals surface area contributed by atoms with Crippen LogP contribution in [-0.4, -0.2) is 41.7 Å². The first-order valence-electron chi connectivity index (χ1n) is 11.9. The zero-order chi connectivity index (χ0) is 24.8. The van der Waals surface area contributed by atoms with Crippen LogP contribution in [0.1, 0.15) is 37.3 Å². The molecule has 2 aliphatic heterocycles. The molecule has 0 bridgehead atoms. The highest BCUT2D eigenvalue weighted by atomic mass is 35.5. The lowest BCUT2D eigenvalue weighted by Crippen LogP contribution is -2.43. The van der Waals surface area contributed by atoms with Gasteiger partial charge in [0.05, 0.1) is 17.9 Å². The number of pyridine rings is 1. The van der Waals surface area contributed by atoms with Gasteiger partial charge in [-0.1, -0.05) is 36.8 Å². The zero-order valence-electron chi connectivity index (χ0n) is 20.0. The van der Waals surface area contributed by atoms with Gasteiger partial charge < -0.3 is 25.4 Å². The van der Waals surface area contributed by atoms with Crippen LogP contribution in [0.5, 0.6) is 5.75 Å². The van der Waals surface area contributed by atoms with Gasteiger partial charge in [0.1, 0.15) is 17.3 Å². The van der Waals surface area contributed by atoms with E-state index in [9.17, 15) is 4.79 Å². The van der Waals surface area contributed by atoms with Gasteiger partial charge in [0.25, 0.3) is 5.91 Å². The first kappa shape index (κ1) is 25.4. The summed E-state index contributed by atoms with van der Waals surface area (Å²) in [5.41, 5.74) is 3.83. The number of aromatic nitrogens is 1. The maximum absolute atomic E-state index is 12.9. The highest BCUT2D eigenvalue weighted by Gasteiger charge is 2.29. The average molecular weight is 515 g/mol. The van der Waals surface area contributed by atoms with E-state index < -0.39 is 0 Å². The maximum Gasteiger partial charge on any atom is 0.256 e. The Morgan fingerprint density at radius 1 is 1.34 bits per heavy atom. The number of halogens is 1. The highest BCUT2D eigenvalue weighted by molar-refractivity contribution is 7.81. The van der Waals surface area contributed by atoms with E-state index in [1.54, 1.807) is 12.4 Å². The second-order valence-electron chi connectivity index (χ2n) is 8.90. The molecule has 9 heteroatoms. The summed E-state index contributed by atoms with van der Waals surface area (Å²) in [5.74, 6) is 0.563. The van der Waals surface area contributed by atoms with Gasteiger partial charge in [0, 0.05) is 53.8 Å². The van der Waals surface area contributed by atoms with Crippen molar-refractivity contribution in [2.45, 2.75) is 45.8 Å². The largest absolute Gasteiger partial charge is 0.489 e. The Hall–Kier alpha value is -2.68. The van der Waals surface area contributed by atoms with Crippen LogP contribution < -0.4 is 20.7 Å². The van der Waals surface area contributed by atoms with E-state index >= 15 is 0 Å². The summed E-state index contributed by atoms with van der Waals surface area (Å²) in [6.07, 6.45) is 6.85. The molecule has 3 heterocycles. The molecule has 2 aromatic rings. The molecular formula is C26H31ClN4O3S. The molecule has 186 valence electrons. The van der Waals surface area contributed by atoms with E-state index in [0.717, 1.165) is 48.4 Å². The van der Waals surface area contributed by atoms with Crippen molar-refractivity contribution in [3.8, 4) is 5.75 Å². The minimum atomic E-state index is -0.205. The van der Waals surface area contributed by atoms with Crippen LogP contribution in [0.25, 0.3) is 0 Å². The standard InChI is InChI=1S/C26H31ClN4O3S/c1-16-12-30-25(32)23(26(35)31-21-8-5-7-20(27)17(21)2)24(16)29-13-18-9-10-28-14-22(18)34-15-19-6-3-4-11-33-19/h5,7-10,14,16,19,29H,3-4,6,11-13,15H2,1-2H3,(H,30,32)(H,31,35). The fourth-order valence-corrected chi connectivity index (χ4v) is 4.70. The minimum Gasteiger partial charge on any atom is -0.489 e. The second-order valence-corrected chi connectivity index (χ2v) is 9.72. The average Bonchev–Trinajstić information content (AvgIpc) is 2.87. The second kappa shape index (κ2) is 11.8. The molecule has 1 saturated heterocycles. The Kier molecular flexibility index (Phi) is 8.59. The van der Waals surface area contributed by atoms with Crippen LogP contribution in [0.2, 0.25) is 5.02 Å². The zero-order valence-corrected chi connectivity index (χ0v) is 21.6. The number of anilines is 1. The molecule has 0 radical (unpaired) electrons. The van der Waals surface area contributed by atoms with Crippen molar-refractivity contribution >= 4 is 40.4 Å². The molecule has 1 aromatic carbocycles. The fraction of sp³-hybridized carbons (Fsp3) is 0.423. The van der Waals surface area contributed by atoms with Crippen molar-refractivity contribution < 1.29 is 14.3 Å². The first-order chi connectivity index (χ1) is 16.9. The summed E-state index contributed by atoms with van der Waals surface area (Å²) in [5, 5.41) is 10.2. The Bertz CT molecular complexity index is 1120. The molecule has 1 aromatic heterocycles. The van der Waals surface area contributed by atoms with Gasteiger partial charge in [-0.3, -0.25) is 9.78 Å². The summed E-state index contributed by atoms with van der Waals surface area (Å²) in [4.78, 5) is 17.5. The van der Waals surface area contributed by atoms with E-state index in [-0.39, 0.29) is 17.9 Å². The van der Waals surface area contributed by atoms with Crippen molar-refractivity contribution in [2.75, 3.05) is 25.1 Å². The smallest absolute Gasteiger partial charge is 0.256 e. The lowest BCUT2D eigenvalue weighted by Gasteiger charge is -2.28. The van der Waals surface area contributed by atoms with Crippen molar-refractivity contribution in [1.82, 2.24) is 15.6 Å². The summed E-state index contributed by atoms with van der Waals surface area (Å²) in [6.45, 7) is 6.25. The Balaban J connectivity index is 1.51. The van der Waals surface area contributed by atoms with Crippen LogP contribution in [0.15, 0.2) is 47.9 Å². The van der Waals surface area contributed by atoms with Crippen LogP contribution >= 0.6 is 23.8 Å². The normalized spacial score (nSPS) is 20.3. The summed E-state index contributed by atoms with van der Waals surface area (Å²) in [6, 6.07) is 7.48. The third-order valence-corrected chi connectivity index (χ3v) is 7.05. The number of hydrogen-bond acceptors (Lipinski definition) is 6. The number of nitrogens with one attached hydrogen (secondary N) is 3. The molecule has 0 spiro atoms. The van der Waals surface area contributed by atoms with E-state index in [2.05, 4.69) is 27.9 Å². The van der Waals surface area contributed by atoms with Crippen molar-refractivity contribution in [1.29, 1.82) is 0 Å². The number of carbonyl (C=O) groups is 1. The Morgan fingerprint density at radius 2 is 2.20 bits per heavy atom. The molecule has 2 aliphatic rings. The molecule has 4 rings (SSSR count). The summed E-state index contributed by atoms with van der Waals surface area (Å²) >= 11 is 11.9. The molecule has 2 atom stereocenters. The topological polar surface area (TPSA) is 84.5 Å². The van der Waals surface area contributed by atoms with Gasteiger partial charge in [-0.2, -0.15) is 0 Å². The van der Waals surface area contributed by atoms with E-state index in [4.69, 9.17) is 33.3 Å². The number of carbonyl (C=O) groups excluding carboxylic acids is 1. The number of amides is 1. The molecular weight excluding hydrogens is 484 g/mol. The number of nitrogens with zero attached hydrogens (tertiary/aromatic N) is 1. The van der Waals surface area contributed by atoms with Crippen LogP contribution in [-0.2, 0) is 16.1 Å². The molecule has 3 N–H and O–H groups in total.